The van der Waals surface area contributed by atoms with Crippen molar-refractivity contribution in [1.82, 2.24) is 4.90 Å². The highest BCUT2D eigenvalue weighted by Gasteiger charge is 2.36. The third-order valence-corrected chi connectivity index (χ3v) is 5.67. The Morgan fingerprint density at radius 2 is 1.97 bits per heavy atom. The molecule has 3 rings (SSSR count). The summed E-state index contributed by atoms with van der Waals surface area (Å²) < 4.78 is 49.2. The number of alkyl halides is 3. The van der Waals surface area contributed by atoms with E-state index in [0.717, 1.165) is 18.2 Å². The van der Waals surface area contributed by atoms with Crippen LogP contribution in [0.4, 0.5) is 23.7 Å². The second-order valence-corrected chi connectivity index (χ2v) is 8.26. The molecule has 1 aliphatic heterocycles. The minimum Gasteiger partial charge on any atom is -0.491 e. The number of ether oxygens (including phenoxy) is 2. The van der Waals surface area contributed by atoms with Gasteiger partial charge in [-0.25, -0.2) is 0 Å². The number of anilines is 1. The fourth-order valence-electron chi connectivity index (χ4n) is 3.04. The Bertz CT molecular complexity index is 1170. The number of benzene rings is 2. The van der Waals surface area contributed by atoms with Crippen molar-refractivity contribution < 1.29 is 37.0 Å². The summed E-state index contributed by atoms with van der Waals surface area (Å²) >= 11 is 6.83. The fraction of sp³-hybridized carbons (Fsp3) is 0.227. The first-order valence-electron chi connectivity index (χ1n) is 9.76. The molecule has 0 aromatic heterocycles. The van der Waals surface area contributed by atoms with Gasteiger partial charge in [0.2, 0.25) is 5.91 Å². The molecule has 0 aliphatic carbocycles. The standard InChI is InChI=1S/C22H18ClF3N2O5S/c1-3-33-16-8-12(7-15(23)19(16)32-2)9-17-20(30)28(21(31)34-17)11-18(29)27-14-6-4-5-13(10-14)22(24,25)26/h4-10H,3,11H2,1-2H3,(H,27,29)/b17-9-. The molecule has 1 heterocycles. The van der Waals surface area contributed by atoms with Gasteiger partial charge in [-0.3, -0.25) is 19.3 Å². The molecule has 34 heavy (non-hydrogen) atoms. The molecule has 1 saturated heterocycles. The maximum atomic E-state index is 12.9. The van der Waals surface area contributed by atoms with E-state index < -0.39 is 35.3 Å². The maximum Gasteiger partial charge on any atom is 0.416 e. The number of amides is 3. The number of carbonyl (C=O) groups is 3. The lowest BCUT2D eigenvalue weighted by Gasteiger charge is -2.14. The topological polar surface area (TPSA) is 84.9 Å². The van der Waals surface area contributed by atoms with Gasteiger partial charge in [0.05, 0.1) is 29.2 Å². The van der Waals surface area contributed by atoms with Crippen molar-refractivity contribution in [3.63, 3.8) is 0 Å². The highest BCUT2D eigenvalue weighted by atomic mass is 35.5. The van der Waals surface area contributed by atoms with Crippen molar-refractivity contribution in [2.24, 2.45) is 0 Å². The molecule has 2 aromatic carbocycles. The van der Waals surface area contributed by atoms with Crippen LogP contribution < -0.4 is 14.8 Å². The molecule has 1 N–H and O–H groups in total. The first-order valence-corrected chi connectivity index (χ1v) is 11.0. The summed E-state index contributed by atoms with van der Waals surface area (Å²) in [4.78, 5) is 38.1. The van der Waals surface area contributed by atoms with E-state index in [1.165, 1.54) is 25.3 Å². The highest BCUT2D eigenvalue weighted by molar-refractivity contribution is 8.18. The maximum absolute atomic E-state index is 12.9. The quantitative estimate of drug-likeness (QED) is 0.495. The average Bonchev–Trinajstić information content (AvgIpc) is 3.01. The van der Waals surface area contributed by atoms with E-state index >= 15 is 0 Å². The largest absolute Gasteiger partial charge is 0.491 e. The summed E-state index contributed by atoms with van der Waals surface area (Å²) in [5, 5.41) is 1.81. The molecule has 7 nitrogen and oxygen atoms in total. The summed E-state index contributed by atoms with van der Waals surface area (Å²) in [5.41, 5.74) is -0.587. The van der Waals surface area contributed by atoms with Crippen molar-refractivity contribution >= 4 is 52.2 Å². The monoisotopic (exact) mass is 514 g/mol. The first kappa shape index (κ1) is 25.4. The predicted octanol–water partition coefficient (Wildman–Crippen LogP) is 5.44. The highest BCUT2D eigenvalue weighted by Crippen LogP contribution is 2.39. The van der Waals surface area contributed by atoms with Crippen molar-refractivity contribution in [2.45, 2.75) is 13.1 Å². The van der Waals surface area contributed by atoms with E-state index in [-0.39, 0.29) is 15.6 Å². The number of hydrogen-bond acceptors (Lipinski definition) is 6. The minimum atomic E-state index is -4.58. The van der Waals surface area contributed by atoms with Gasteiger partial charge in [-0.15, -0.1) is 0 Å². The van der Waals surface area contributed by atoms with Gasteiger partial charge in [0.1, 0.15) is 6.54 Å². The van der Waals surface area contributed by atoms with Gasteiger partial charge in [0, 0.05) is 5.69 Å². The van der Waals surface area contributed by atoms with Crippen molar-refractivity contribution in [2.75, 3.05) is 25.6 Å². The molecule has 180 valence electrons. The molecule has 12 heteroatoms. The molecule has 0 radical (unpaired) electrons. The van der Waals surface area contributed by atoms with Crippen LogP contribution in [0, 0.1) is 0 Å². The molecular formula is C22H18ClF3N2O5S. The number of nitrogens with zero attached hydrogens (tertiary/aromatic N) is 1. The molecule has 1 fully saturated rings. The van der Waals surface area contributed by atoms with Gasteiger partial charge in [0.15, 0.2) is 11.5 Å². The number of carbonyl (C=O) groups excluding carboxylic acids is 3. The SMILES string of the molecule is CCOc1cc(/C=C2\SC(=O)N(CC(=O)Nc3cccc(C(F)(F)F)c3)C2=O)cc(Cl)c1OC. The Morgan fingerprint density at radius 3 is 2.62 bits per heavy atom. The van der Waals surface area contributed by atoms with E-state index in [4.69, 9.17) is 21.1 Å². The zero-order valence-electron chi connectivity index (χ0n) is 17.9. The van der Waals surface area contributed by atoms with Crippen molar-refractivity contribution in [1.29, 1.82) is 0 Å². The Kier molecular flexibility index (Phi) is 7.78. The third kappa shape index (κ3) is 5.84. The van der Waals surface area contributed by atoms with Gasteiger partial charge < -0.3 is 14.8 Å². The number of methoxy groups -OCH3 is 1. The van der Waals surface area contributed by atoms with E-state index in [0.29, 0.717) is 40.3 Å². The number of imide groups is 1. The molecule has 0 bridgehead atoms. The lowest BCUT2D eigenvalue weighted by Crippen LogP contribution is -2.36. The fourth-order valence-corrected chi connectivity index (χ4v) is 4.17. The third-order valence-electron chi connectivity index (χ3n) is 4.48. The van der Waals surface area contributed by atoms with E-state index in [1.54, 1.807) is 13.0 Å². The minimum absolute atomic E-state index is 0.0422. The molecular weight excluding hydrogens is 497 g/mol. The van der Waals surface area contributed by atoms with Gasteiger partial charge in [-0.1, -0.05) is 17.7 Å². The van der Waals surface area contributed by atoms with Crippen LogP contribution in [0.25, 0.3) is 6.08 Å². The molecule has 0 unspecified atom stereocenters. The summed E-state index contributed by atoms with van der Waals surface area (Å²) in [7, 11) is 1.43. The lowest BCUT2D eigenvalue weighted by atomic mass is 10.1. The van der Waals surface area contributed by atoms with Gasteiger partial charge in [0.25, 0.3) is 11.1 Å². The number of thioether (sulfide) groups is 1. The Hall–Kier alpha value is -3.18. The molecule has 0 spiro atoms. The van der Waals surface area contributed by atoms with Gasteiger partial charge >= 0.3 is 6.18 Å². The van der Waals surface area contributed by atoms with Crippen LogP contribution in [0.1, 0.15) is 18.1 Å². The molecule has 0 saturated carbocycles. The van der Waals surface area contributed by atoms with Crippen LogP contribution in [-0.2, 0) is 15.8 Å². The van der Waals surface area contributed by atoms with E-state index in [1.807, 2.05) is 0 Å². The second kappa shape index (κ2) is 10.4. The first-order chi connectivity index (χ1) is 16.0. The van der Waals surface area contributed by atoms with E-state index in [2.05, 4.69) is 5.32 Å². The summed E-state index contributed by atoms with van der Waals surface area (Å²) in [6.07, 6.45) is -3.16. The average molecular weight is 515 g/mol. The molecule has 1 aliphatic rings. The van der Waals surface area contributed by atoms with Gasteiger partial charge in [-0.05, 0) is 60.7 Å². The normalized spacial score (nSPS) is 15.1. The Morgan fingerprint density at radius 1 is 1.24 bits per heavy atom. The number of halogens is 4. The molecule has 2 aromatic rings. The van der Waals surface area contributed by atoms with Gasteiger partial charge in [-0.2, -0.15) is 13.2 Å². The van der Waals surface area contributed by atoms with Crippen LogP contribution in [0.5, 0.6) is 11.5 Å². The number of hydrogen-bond donors (Lipinski definition) is 1. The zero-order chi connectivity index (χ0) is 25.0. The Balaban J connectivity index is 1.75. The lowest BCUT2D eigenvalue weighted by molar-refractivity contribution is -0.137. The smallest absolute Gasteiger partial charge is 0.416 e. The predicted molar refractivity (Wildman–Crippen MR) is 122 cm³/mol. The summed E-state index contributed by atoms with van der Waals surface area (Å²) in [6.45, 7) is 1.45. The van der Waals surface area contributed by atoms with Crippen LogP contribution in [0.2, 0.25) is 5.02 Å². The number of rotatable bonds is 7. The second-order valence-electron chi connectivity index (χ2n) is 6.86. The van der Waals surface area contributed by atoms with E-state index in [9.17, 15) is 27.6 Å². The van der Waals surface area contributed by atoms with Crippen LogP contribution in [0.3, 0.4) is 0 Å². The zero-order valence-corrected chi connectivity index (χ0v) is 19.4. The van der Waals surface area contributed by atoms with Crippen LogP contribution in [-0.4, -0.2) is 42.2 Å². The van der Waals surface area contributed by atoms with Crippen LogP contribution in [0.15, 0.2) is 41.3 Å². The van der Waals surface area contributed by atoms with Crippen LogP contribution >= 0.6 is 23.4 Å². The molecule has 0 atom stereocenters. The summed E-state index contributed by atoms with van der Waals surface area (Å²) in [6, 6.07) is 7.13. The number of nitrogens with one attached hydrogen (secondary N) is 1. The van der Waals surface area contributed by atoms with Crippen molar-refractivity contribution in [3.8, 4) is 11.5 Å². The summed E-state index contributed by atoms with van der Waals surface area (Å²) in [5.74, 6) is -0.878. The molecule has 3 amide bonds. The van der Waals surface area contributed by atoms with Crippen molar-refractivity contribution in [3.05, 3.63) is 57.5 Å². The Labute approximate surface area is 201 Å².